The second-order valence-corrected chi connectivity index (χ2v) is 2.78. The van der Waals surface area contributed by atoms with Crippen LogP contribution in [0.5, 0.6) is 0 Å². The van der Waals surface area contributed by atoms with Gasteiger partial charge in [0.1, 0.15) is 0 Å². The zero-order valence-electron chi connectivity index (χ0n) is 7.29. The van der Waals surface area contributed by atoms with Gasteiger partial charge in [0.15, 0.2) is 0 Å². The molecule has 0 aliphatic carbocycles. The molecular weight excluding hydrogens is 142 g/mol. The smallest absolute Gasteiger partial charge is 0.330 e. The Bertz CT molecular complexity index is 161. The van der Waals surface area contributed by atoms with Crippen molar-refractivity contribution in [3.63, 3.8) is 0 Å². The molecule has 0 bridgehead atoms. The first-order valence-corrected chi connectivity index (χ1v) is 3.59. The summed E-state index contributed by atoms with van der Waals surface area (Å²) >= 11 is 0. The predicted molar refractivity (Wildman–Crippen MR) is 44.6 cm³/mol. The Morgan fingerprint density at radius 1 is 1.55 bits per heavy atom. The quantitative estimate of drug-likeness (QED) is 0.618. The Balaban J connectivity index is 3.65. The fourth-order valence-electron chi connectivity index (χ4n) is 0.627. The van der Waals surface area contributed by atoms with Crippen molar-refractivity contribution < 1.29 is 9.90 Å². The molecule has 0 aliphatic rings. The van der Waals surface area contributed by atoms with Gasteiger partial charge in [-0.25, -0.2) is 4.79 Å². The second-order valence-electron chi connectivity index (χ2n) is 2.78. The first-order chi connectivity index (χ1) is 5.04. The van der Waals surface area contributed by atoms with Gasteiger partial charge >= 0.3 is 5.97 Å². The van der Waals surface area contributed by atoms with Gasteiger partial charge in [-0.3, -0.25) is 0 Å². The van der Waals surface area contributed by atoms with Gasteiger partial charge in [0.05, 0.1) is 0 Å². The van der Waals surface area contributed by atoms with Gasteiger partial charge in [-0.2, -0.15) is 0 Å². The molecule has 11 heavy (non-hydrogen) atoms. The van der Waals surface area contributed by atoms with Crippen molar-refractivity contribution in [1.82, 2.24) is 4.90 Å². The van der Waals surface area contributed by atoms with Gasteiger partial charge in [0.2, 0.25) is 0 Å². The molecule has 0 saturated carbocycles. The van der Waals surface area contributed by atoms with Crippen LogP contribution in [0, 0.1) is 0 Å². The number of hydrogen-bond acceptors (Lipinski definition) is 2. The van der Waals surface area contributed by atoms with Gasteiger partial charge in [0.25, 0.3) is 0 Å². The largest absolute Gasteiger partial charge is 0.478 e. The average Bonchev–Trinajstić information content (AvgIpc) is 1.86. The molecule has 0 atom stereocenters. The molecule has 0 saturated heterocycles. The minimum absolute atomic E-state index is 0.423. The third kappa shape index (κ3) is 5.61. The molecule has 0 aromatic carbocycles. The first kappa shape index (κ1) is 10.2. The molecule has 0 amide bonds. The maximum Gasteiger partial charge on any atom is 0.330 e. The number of carboxylic acid groups (broad SMARTS) is 1. The van der Waals surface area contributed by atoms with E-state index in [9.17, 15) is 4.79 Å². The summed E-state index contributed by atoms with van der Waals surface area (Å²) in [6, 6.07) is 0. The Kier molecular flexibility index (Phi) is 4.54. The minimum Gasteiger partial charge on any atom is -0.478 e. The van der Waals surface area contributed by atoms with Crippen molar-refractivity contribution in [1.29, 1.82) is 0 Å². The summed E-state index contributed by atoms with van der Waals surface area (Å²) in [5.41, 5.74) is 0.423. The van der Waals surface area contributed by atoms with E-state index in [0.717, 1.165) is 13.0 Å². The molecule has 1 N–H and O–H groups in total. The summed E-state index contributed by atoms with van der Waals surface area (Å²) in [4.78, 5) is 12.3. The molecule has 64 valence electrons. The fourth-order valence-corrected chi connectivity index (χ4v) is 0.627. The topological polar surface area (TPSA) is 40.5 Å². The summed E-state index contributed by atoms with van der Waals surface area (Å²) in [7, 11) is 3.92. The predicted octanol–water partition coefficient (Wildman–Crippen LogP) is 0.969. The van der Waals surface area contributed by atoms with Crippen LogP contribution >= 0.6 is 0 Å². The molecule has 0 unspecified atom stereocenters. The van der Waals surface area contributed by atoms with Crippen LogP contribution in [0.4, 0.5) is 0 Å². The number of carboxylic acids is 1. The van der Waals surface area contributed by atoms with Crippen LogP contribution < -0.4 is 0 Å². The van der Waals surface area contributed by atoms with Crippen LogP contribution in [0.1, 0.15) is 13.3 Å². The van der Waals surface area contributed by atoms with E-state index in [1.807, 2.05) is 19.0 Å². The summed E-state index contributed by atoms with van der Waals surface area (Å²) in [6.45, 7) is 2.50. The lowest BCUT2D eigenvalue weighted by molar-refractivity contribution is -0.132. The third-order valence-corrected chi connectivity index (χ3v) is 1.36. The Hall–Kier alpha value is -0.830. The molecule has 0 aliphatic heterocycles. The Morgan fingerprint density at radius 2 is 2.09 bits per heavy atom. The van der Waals surface area contributed by atoms with E-state index < -0.39 is 5.97 Å². The first-order valence-electron chi connectivity index (χ1n) is 3.59. The molecular formula is C8H15NO2. The van der Waals surface area contributed by atoms with Crippen molar-refractivity contribution in [2.75, 3.05) is 20.6 Å². The highest BCUT2D eigenvalue weighted by atomic mass is 16.4. The number of hydrogen-bond donors (Lipinski definition) is 1. The maximum atomic E-state index is 10.3. The molecule has 0 spiro atoms. The van der Waals surface area contributed by atoms with Crippen LogP contribution in [0.2, 0.25) is 0 Å². The molecule has 0 heterocycles. The summed E-state index contributed by atoms with van der Waals surface area (Å²) in [5, 5.41) is 8.47. The number of aliphatic carboxylic acids is 1. The van der Waals surface area contributed by atoms with Gasteiger partial charge < -0.3 is 10.0 Å². The van der Waals surface area contributed by atoms with Crippen molar-refractivity contribution in [2.45, 2.75) is 13.3 Å². The van der Waals surface area contributed by atoms with Gasteiger partial charge in [-0.05, 0) is 27.4 Å². The highest BCUT2D eigenvalue weighted by molar-refractivity contribution is 5.85. The van der Waals surface area contributed by atoms with Crippen LogP contribution in [-0.4, -0.2) is 36.6 Å². The Labute approximate surface area is 67.3 Å². The molecule has 0 rings (SSSR count). The van der Waals surface area contributed by atoms with Crippen LogP contribution in [0.15, 0.2) is 11.6 Å². The normalized spacial score (nSPS) is 12.2. The lowest BCUT2D eigenvalue weighted by atomic mass is 10.2. The Morgan fingerprint density at radius 3 is 2.45 bits per heavy atom. The molecule has 3 nitrogen and oxygen atoms in total. The molecule has 0 fully saturated rings. The van der Waals surface area contributed by atoms with Crippen molar-refractivity contribution in [3.05, 3.63) is 11.6 Å². The highest BCUT2D eigenvalue weighted by Gasteiger charge is 1.97. The van der Waals surface area contributed by atoms with E-state index in [1.165, 1.54) is 0 Å². The molecule has 0 aromatic heterocycles. The second kappa shape index (κ2) is 4.91. The van der Waals surface area contributed by atoms with Crippen molar-refractivity contribution in [3.8, 4) is 0 Å². The fraction of sp³-hybridized carbons (Fsp3) is 0.625. The van der Waals surface area contributed by atoms with E-state index in [-0.39, 0.29) is 0 Å². The third-order valence-electron chi connectivity index (χ3n) is 1.36. The molecule has 3 heteroatoms. The SMILES string of the molecule is C/C(=C/CCN(C)C)C(=O)O. The average molecular weight is 157 g/mol. The lowest BCUT2D eigenvalue weighted by Crippen LogP contribution is -2.12. The minimum atomic E-state index is -0.830. The van der Waals surface area contributed by atoms with E-state index in [0.29, 0.717) is 5.57 Å². The lowest BCUT2D eigenvalue weighted by Gasteiger charge is -2.05. The van der Waals surface area contributed by atoms with E-state index in [2.05, 4.69) is 0 Å². The van der Waals surface area contributed by atoms with E-state index >= 15 is 0 Å². The van der Waals surface area contributed by atoms with Gasteiger partial charge in [-0.15, -0.1) is 0 Å². The van der Waals surface area contributed by atoms with Crippen molar-refractivity contribution >= 4 is 5.97 Å². The summed E-state index contributed by atoms with van der Waals surface area (Å²) < 4.78 is 0. The van der Waals surface area contributed by atoms with Gasteiger partial charge in [0, 0.05) is 12.1 Å². The number of carbonyl (C=O) groups is 1. The maximum absolute atomic E-state index is 10.3. The van der Waals surface area contributed by atoms with Crippen LogP contribution in [-0.2, 0) is 4.79 Å². The molecule has 0 aromatic rings. The van der Waals surface area contributed by atoms with E-state index in [1.54, 1.807) is 13.0 Å². The number of rotatable bonds is 4. The summed E-state index contributed by atoms with van der Waals surface area (Å²) in [6.07, 6.45) is 2.54. The standard InChI is InChI=1S/C8H15NO2/c1-7(8(10)11)5-4-6-9(2)3/h5H,4,6H2,1-3H3,(H,10,11)/b7-5-. The van der Waals surface area contributed by atoms with Crippen molar-refractivity contribution in [2.24, 2.45) is 0 Å². The monoisotopic (exact) mass is 157 g/mol. The zero-order chi connectivity index (χ0) is 8.85. The summed E-state index contributed by atoms with van der Waals surface area (Å²) in [5.74, 6) is -0.830. The molecule has 0 radical (unpaired) electrons. The number of nitrogens with zero attached hydrogens (tertiary/aromatic N) is 1. The highest BCUT2D eigenvalue weighted by Crippen LogP contribution is 1.95. The van der Waals surface area contributed by atoms with Gasteiger partial charge in [-0.1, -0.05) is 6.08 Å². The van der Waals surface area contributed by atoms with Crippen LogP contribution in [0.3, 0.4) is 0 Å². The van der Waals surface area contributed by atoms with Crippen LogP contribution in [0.25, 0.3) is 0 Å². The zero-order valence-corrected chi connectivity index (χ0v) is 7.29. The van der Waals surface area contributed by atoms with E-state index in [4.69, 9.17) is 5.11 Å².